The van der Waals surface area contributed by atoms with Crippen molar-refractivity contribution in [2.24, 2.45) is 0 Å². The highest BCUT2D eigenvalue weighted by atomic mass is 16.7. The lowest BCUT2D eigenvalue weighted by molar-refractivity contribution is 0.0308. The van der Waals surface area contributed by atoms with Gasteiger partial charge in [0.15, 0.2) is 0 Å². The minimum atomic E-state index is -0.596. The molecular weight excluding hydrogens is 234 g/mol. The Morgan fingerprint density at radius 2 is 2.17 bits per heavy atom. The highest BCUT2D eigenvalue weighted by molar-refractivity contribution is 5.65. The number of nitrogens with one attached hydrogen (secondary N) is 1. The molecule has 1 unspecified atom stereocenters. The first-order chi connectivity index (χ1) is 8.65. The van der Waals surface area contributed by atoms with Crippen LogP contribution in [0.1, 0.15) is 31.1 Å². The third kappa shape index (κ3) is 4.73. The number of aliphatic hydroxyl groups is 1. The van der Waals surface area contributed by atoms with Crippen LogP contribution >= 0.6 is 0 Å². The predicted octanol–water partition coefficient (Wildman–Crippen LogP) is 1.96. The van der Waals surface area contributed by atoms with Crippen molar-refractivity contribution in [3.05, 3.63) is 35.4 Å². The summed E-state index contributed by atoms with van der Waals surface area (Å²) in [4.78, 5) is 15.9. The summed E-state index contributed by atoms with van der Waals surface area (Å²) in [5, 5.41) is 9.59. The molecule has 0 fully saturated rings. The lowest BCUT2D eigenvalue weighted by Gasteiger charge is -2.11. The molecule has 1 rings (SSSR count). The molecule has 0 aromatic heterocycles. The molecule has 0 bridgehead atoms. The van der Waals surface area contributed by atoms with Gasteiger partial charge in [-0.25, -0.2) is 4.79 Å². The van der Waals surface area contributed by atoms with Crippen LogP contribution in [0.25, 0.3) is 0 Å². The average molecular weight is 253 g/mol. The van der Waals surface area contributed by atoms with Crippen molar-refractivity contribution in [2.45, 2.75) is 26.4 Å². The Hall–Kier alpha value is -1.59. The quantitative estimate of drug-likeness (QED) is 0.600. The fourth-order valence-electron chi connectivity index (χ4n) is 1.60. The molecule has 1 aromatic carbocycles. The molecule has 0 saturated carbocycles. The summed E-state index contributed by atoms with van der Waals surface area (Å²) in [6.07, 6.45) is -0.506. The van der Waals surface area contributed by atoms with Crippen LogP contribution in [0.4, 0.5) is 4.79 Å². The van der Waals surface area contributed by atoms with Gasteiger partial charge in [-0.1, -0.05) is 24.3 Å². The van der Waals surface area contributed by atoms with E-state index in [1.165, 1.54) is 0 Å². The Morgan fingerprint density at radius 3 is 2.83 bits per heavy atom. The van der Waals surface area contributed by atoms with E-state index in [1.54, 1.807) is 13.8 Å². The number of amides is 1. The molecule has 1 aromatic rings. The second-order valence-corrected chi connectivity index (χ2v) is 3.80. The standard InChI is InChI=1S/C13H19NO4/c1-3-17-13(16)14-18-9-8-11-6-4-5-7-12(11)10(2)15/h4-7,10,15H,3,8-9H2,1-2H3,(H,14,16). The largest absolute Gasteiger partial charge is 0.448 e. The molecule has 0 aliphatic heterocycles. The van der Waals surface area contributed by atoms with E-state index in [0.29, 0.717) is 19.6 Å². The van der Waals surface area contributed by atoms with Crippen molar-refractivity contribution in [3.8, 4) is 0 Å². The summed E-state index contributed by atoms with van der Waals surface area (Å²) in [6.45, 7) is 4.07. The van der Waals surface area contributed by atoms with Crippen LogP contribution in [0.15, 0.2) is 24.3 Å². The number of carbonyl (C=O) groups excluding carboxylic acids is 1. The van der Waals surface area contributed by atoms with E-state index >= 15 is 0 Å². The normalized spacial score (nSPS) is 11.9. The molecule has 1 atom stereocenters. The molecule has 0 aliphatic rings. The van der Waals surface area contributed by atoms with Crippen molar-refractivity contribution in [1.29, 1.82) is 0 Å². The molecule has 5 nitrogen and oxygen atoms in total. The fraction of sp³-hybridized carbons (Fsp3) is 0.462. The van der Waals surface area contributed by atoms with Crippen molar-refractivity contribution < 1.29 is 19.5 Å². The van der Waals surface area contributed by atoms with Crippen LogP contribution in [0.5, 0.6) is 0 Å². The number of hydroxylamine groups is 1. The summed E-state index contributed by atoms with van der Waals surface area (Å²) < 4.78 is 4.64. The highest BCUT2D eigenvalue weighted by Crippen LogP contribution is 2.17. The fourth-order valence-corrected chi connectivity index (χ4v) is 1.60. The average Bonchev–Trinajstić information content (AvgIpc) is 2.35. The Kier molecular flexibility index (Phi) is 6.18. The minimum absolute atomic E-state index is 0.306. The first-order valence-corrected chi connectivity index (χ1v) is 5.95. The molecule has 100 valence electrons. The van der Waals surface area contributed by atoms with Gasteiger partial charge in [-0.2, -0.15) is 5.48 Å². The van der Waals surface area contributed by atoms with E-state index in [2.05, 4.69) is 10.2 Å². The van der Waals surface area contributed by atoms with Crippen LogP contribution in [0, 0.1) is 0 Å². The van der Waals surface area contributed by atoms with E-state index in [1.807, 2.05) is 24.3 Å². The zero-order valence-corrected chi connectivity index (χ0v) is 10.7. The van der Waals surface area contributed by atoms with E-state index in [0.717, 1.165) is 11.1 Å². The molecule has 5 heteroatoms. The molecule has 0 saturated heterocycles. The number of hydrogen-bond donors (Lipinski definition) is 2. The zero-order chi connectivity index (χ0) is 13.4. The number of carbonyl (C=O) groups is 1. The third-order valence-corrected chi connectivity index (χ3v) is 2.41. The maximum Gasteiger partial charge on any atom is 0.431 e. The first kappa shape index (κ1) is 14.5. The van der Waals surface area contributed by atoms with Gasteiger partial charge in [-0.15, -0.1) is 0 Å². The summed E-state index contributed by atoms with van der Waals surface area (Å²) in [5.41, 5.74) is 4.05. The van der Waals surface area contributed by atoms with Crippen LogP contribution < -0.4 is 5.48 Å². The SMILES string of the molecule is CCOC(=O)NOCCc1ccccc1C(C)O. The van der Waals surface area contributed by atoms with Gasteiger partial charge in [0.25, 0.3) is 0 Å². The van der Waals surface area contributed by atoms with Crippen LogP contribution in [-0.2, 0) is 16.0 Å². The maximum absolute atomic E-state index is 10.9. The molecule has 18 heavy (non-hydrogen) atoms. The molecule has 0 spiro atoms. The van der Waals surface area contributed by atoms with Gasteiger partial charge < -0.3 is 9.84 Å². The van der Waals surface area contributed by atoms with Gasteiger partial charge >= 0.3 is 6.09 Å². The number of benzene rings is 1. The van der Waals surface area contributed by atoms with Crippen LogP contribution in [-0.4, -0.2) is 24.4 Å². The van der Waals surface area contributed by atoms with Gasteiger partial charge in [0, 0.05) is 0 Å². The van der Waals surface area contributed by atoms with Gasteiger partial charge in [-0.05, 0) is 31.4 Å². The van der Waals surface area contributed by atoms with Crippen molar-refractivity contribution in [1.82, 2.24) is 5.48 Å². The van der Waals surface area contributed by atoms with Crippen molar-refractivity contribution in [3.63, 3.8) is 0 Å². The number of aliphatic hydroxyl groups excluding tert-OH is 1. The smallest absolute Gasteiger partial charge is 0.431 e. The van der Waals surface area contributed by atoms with Gasteiger partial charge in [-0.3, -0.25) is 4.84 Å². The summed E-state index contributed by atoms with van der Waals surface area (Å²) in [5.74, 6) is 0. The molecule has 0 radical (unpaired) electrons. The third-order valence-electron chi connectivity index (χ3n) is 2.41. The second-order valence-electron chi connectivity index (χ2n) is 3.80. The maximum atomic E-state index is 10.9. The van der Waals surface area contributed by atoms with Gasteiger partial charge in [0.05, 0.1) is 19.3 Å². The van der Waals surface area contributed by atoms with Crippen molar-refractivity contribution in [2.75, 3.05) is 13.2 Å². The Balaban J connectivity index is 2.37. The lowest BCUT2D eigenvalue weighted by atomic mass is 10.0. The minimum Gasteiger partial charge on any atom is -0.448 e. The van der Waals surface area contributed by atoms with E-state index < -0.39 is 12.2 Å². The topological polar surface area (TPSA) is 67.8 Å². The first-order valence-electron chi connectivity index (χ1n) is 5.95. The molecular formula is C13H19NO4. The summed E-state index contributed by atoms with van der Waals surface area (Å²) >= 11 is 0. The number of hydrogen-bond acceptors (Lipinski definition) is 4. The van der Waals surface area contributed by atoms with Crippen LogP contribution in [0.3, 0.4) is 0 Å². The number of rotatable bonds is 6. The highest BCUT2D eigenvalue weighted by Gasteiger charge is 2.07. The summed E-state index contributed by atoms with van der Waals surface area (Å²) in [7, 11) is 0. The number of ether oxygens (including phenoxy) is 1. The van der Waals surface area contributed by atoms with E-state index in [-0.39, 0.29) is 0 Å². The predicted molar refractivity (Wildman–Crippen MR) is 66.9 cm³/mol. The molecule has 0 aliphatic carbocycles. The van der Waals surface area contributed by atoms with Crippen LogP contribution in [0.2, 0.25) is 0 Å². The Bertz CT molecular complexity index is 379. The molecule has 1 amide bonds. The van der Waals surface area contributed by atoms with E-state index in [4.69, 9.17) is 4.84 Å². The zero-order valence-electron chi connectivity index (χ0n) is 10.7. The van der Waals surface area contributed by atoms with E-state index in [9.17, 15) is 9.90 Å². The van der Waals surface area contributed by atoms with Gasteiger partial charge in [0.2, 0.25) is 0 Å². The Labute approximate surface area is 107 Å². The molecule has 0 heterocycles. The second kappa shape index (κ2) is 7.68. The van der Waals surface area contributed by atoms with Crippen molar-refractivity contribution >= 4 is 6.09 Å². The van der Waals surface area contributed by atoms with Gasteiger partial charge in [0.1, 0.15) is 0 Å². The lowest BCUT2D eigenvalue weighted by Crippen LogP contribution is -2.25. The Morgan fingerprint density at radius 1 is 1.44 bits per heavy atom. The summed E-state index contributed by atoms with van der Waals surface area (Å²) in [6, 6.07) is 7.58. The monoisotopic (exact) mass is 253 g/mol. The molecule has 2 N–H and O–H groups in total.